The summed E-state index contributed by atoms with van der Waals surface area (Å²) in [5.74, 6) is 1.38. The number of carbonyl (C=O) groups excluding carboxylic acids is 2. The van der Waals surface area contributed by atoms with Crippen LogP contribution in [0.4, 0.5) is 10.5 Å². The molecule has 1 aromatic rings. The summed E-state index contributed by atoms with van der Waals surface area (Å²) in [4.78, 5) is 28.9. The molecule has 2 saturated heterocycles. The second kappa shape index (κ2) is 7.29. The molecule has 3 amide bonds. The molecule has 146 valence electrons. The van der Waals surface area contributed by atoms with Gasteiger partial charge in [-0.15, -0.1) is 0 Å². The number of rotatable bonds is 2. The zero-order valence-electron chi connectivity index (χ0n) is 15.9. The lowest BCUT2D eigenvalue weighted by Crippen LogP contribution is -2.54. The minimum atomic E-state index is -0.181. The van der Waals surface area contributed by atoms with Crippen molar-refractivity contribution in [3.05, 3.63) is 18.2 Å². The van der Waals surface area contributed by atoms with Crippen LogP contribution in [0.3, 0.4) is 0 Å². The Morgan fingerprint density at radius 2 is 1.81 bits per heavy atom. The maximum absolute atomic E-state index is 12.8. The Labute approximate surface area is 159 Å². The molecular formula is C20H27N3O4. The largest absolute Gasteiger partial charge is 0.486 e. The van der Waals surface area contributed by atoms with Crippen molar-refractivity contribution in [3.63, 3.8) is 0 Å². The topological polar surface area (TPSA) is 71.1 Å². The fourth-order valence-corrected chi connectivity index (χ4v) is 4.32. The molecule has 3 heterocycles. The molecule has 3 unspecified atom stereocenters. The Bertz CT molecular complexity index is 728. The molecule has 0 aromatic heterocycles. The molecule has 2 fully saturated rings. The lowest BCUT2D eigenvalue weighted by molar-refractivity contribution is -0.117. The number of nitrogens with one attached hydrogen (secondary N) is 1. The smallest absolute Gasteiger partial charge is 0.318 e. The molecule has 0 saturated carbocycles. The van der Waals surface area contributed by atoms with Gasteiger partial charge in [0.15, 0.2) is 11.5 Å². The third-order valence-corrected chi connectivity index (χ3v) is 5.72. The Balaban J connectivity index is 1.42. The molecule has 3 aliphatic heterocycles. The highest BCUT2D eigenvalue weighted by Gasteiger charge is 2.35. The van der Waals surface area contributed by atoms with Crippen LogP contribution in [0, 0.1) is 0 Å². The summed E-state index contributed by atoms with van der Waals surface area (Å²) in [7, 11) is 0. The molecule has 1 N–H and O–H groups in total. The minimum Gasteiger partial charge on any atom is -0.486 e. The van der Waals surface area contributed by atoms with E-state index in [-0.39, 0.29) is 30.1 Å². The zero-order chi connectivity index (χ0) is 19.0. The van der Waals surface area contributed by atoms with E-state index in [2.05, 4.69) is 19.2 Å². The first kappa shape index (κ1) is 17.9. The molecule has 27 heavy (non-hydrogen) atoms. The first-order chi connectivity index (χ1) is 13.0. The van der Waals surface area contributed by atoms with Crippen molar-refractivity contribution in [2.24, 2.45) is 0 Å². The van der Waals surface area contributed by atoms with Gasteiger partial charge in [-0.3, -0.25) is 4.79 Å². The van der Waals surface area contributed by atoms with E-state index in [1.807, 2.05) is 23.1 Å². The third kappa shape index (κ3) is 3.55. The Hall–Kier alpha value is -2.44. The van der Waals surface area contributed by atoms with Crippen LogP contribution < -0.4 is 19.7 Å². The van der Waals surface area contributed by atoms with Crippen molar-refractivity contribution in [1.82, 2.24) is 10.2 Å². The molecule has 0 aliphatic carbocycles. The molecule has 0 spiro atoms. The second-order valence-corrected chi connectivity index (χ2v) is 7.72. The normalized spacial score (nSPS) is 27.6. The van der Waals surface area contributed by atoms with Crippen molar-refractivity contribution in [2.45, 2.75) is 57.7 Å². The van der Waals surface area contributed by atoms with Gasteiger partial charge in [-0.05, 0) is 45.2 Å². The average molecular weight is 373 g/mol. The summed E-state index contributed by atoms with van der Waals surface area (Å²) in [6.45, 7) is 5.71. The van der Waals surface area contributed by atoms with Crippen LogP contribution in [0.2, 0.25) is 0 Å². The van der Waals surface area contributed by atoms with E-state index in [1.165, 1.54) is 0 Å². The number of amides is 3. The van der Waals surface area contributed by atoms with Crippen molar-refractivity contribution in [2.75, 3.05) is 24.7 Å². The van der Waals surface area contributed by atoms with E-state index in [0.29, 0.717) is 37.7 Å². The first-order valence-electron chi connectivity index (χ1n) is 9.82. The number of benzene rings is 1. The standard InChI is InChI=1S/C20H27N3O4/c1-13-4-3-5-14(2)23(13)20(25)21-15-10-19(24)22(12-15)16-6-7-17-18(11-16)27-9-8-26-17/h6-7,11,13-15H,3-5,8-10,12H2,1-2H3,(H,21,25). The monoisotopic (exact) mass is 373 g/mol. The quantitative estimate of drug-likeness (QED) is 0.865. The summed E-state index contributed by atoms with van der Waals surface area (Å²) in [5, 5.41) is 3.07. The van der Waals surface area contributed by atoms with Gasteiger partial charge in [0, 0.05) is 36.8 Å². The van der Waals surface area contributed by atoms with E-state index in [4.69, 9.17) is 9.47 Å². The molecular weight excluding hydrogens is 346 g/mol. The molecule has 7 heteroatoms. The molecule has 0 radical (unpaired) electrons. The summed E-state index contributed by atoms with van der Waals surface area (Å²) >= 11 is 0. The summed E-state index contributed by atoms with van der Waals surface area (Å²) in [5.41, 5.74) is 0.778. The number of fused-ring (bicyclic) bond motifs is 1. The number of hydrogen-bond acceptors (Lipinski definition) is 4. The van der Waals surface area contributed by atoms with Crippen LogP contribution >= 0.6 is 0 Å². The number of hydrogen-bond donors (Lipinski definition) is 1. The highest BCUT2D eigenvalue weighted by molar-refractivity contribution is 5.97. The highest BCUT2D eigenvalue weighted by Crippen LogP contribution is 2.35. The van der Waals surface area contributed by atoms with Gasteiger partial charge in [0.05, 0.1) is 6.04 Å². The predicted molar refractivity (Wildman–Crippen MR) is 101 cm³/mol. The van der Waals surface area contributed by atoms with Crippen molar-refractivity contribution in [3.8, 4) is 11.5 Å². The molecule has 3 atom stereocenters. The lowest BCUT2D eigenvalue weighted by atomic mass is 9.98. The maximum atomic E-state index is 12.8. The van der Waals surface area contributed by atoms with Crippen LogP contribution in [-0.4, -0.2) is 54.7 Å². The summed E-state index contributed by atoms with van der Waals surface area (Å²) in [6.07, 6.45) is 3.54. The van der Waals surface area contributed by atoms with E-state index in [9.17, 15) is 9.59 Å². The van der Waals surface area contributed by atoms with Crippen LogP contribution in [0.5, 0.6) is 11.5 Å². The highest BCUT2D eigenvalue weighted by atomic mass is 16.6. The maximum Gasteiger partial charge on any atom is 0.318 e. The van der Waals surface area contributed by atoms with Gasteiger partial charge < -0.3 is 24.6 Å². The van der Waals surface area contributed by atoms with Crippen LogP contribution in [0.15, 0.2) is 18.2 Å². The van der Waals surface area contributed by atoms with E-state index >= 15 is 0 Å². The second-order valence-electron chi connectivity index (χ2n) is 7.72. The van der Waals surface area contributed by atoms with Crippen molar-refractivity contribution >= 4 is 17.6 Å². The number of likely N-dealkylation sites (tertiary alicyclic amines) is 1. The molecule has 4 rings (SSSR count). The summed E-state index contributed by atoms with van der Waals surface area (Å²) < 4.78 is 11.2. The molecule has 3 aliphatic rings. The number of carbonyl (C=O) groups is 2. The Morgan fingerprint density at radius 1 is 1.11 bits per heavy atom. The van der Waals surface area contributed by atoms with Crippen LogP contribution in [0.25, 0.3) is 0 Å². The Morgan fingerprint density at radius 3 is 2.56 bits per heavy atom. The zero-order valence-corrected chi connectivity index (χ0v) is 15.9. The number of nitrogens with zero attached hydrogens (tertiary/aromatic N) is 2. The number of urea groups is 1. The van der Waals surface area contributed by atoms with Crippen molar-refractivity contribution in [1.29, 1.82) is 0 Å². The van der Waals surface area contributed by atoms with Gasteiger partial charge in [-0.1, -0.05) is 0 Å². The van der Waals surface area contributed by atoms with Gasteiger partial charge in [0.2, 0.25) is 5.91 Å². The minimum absolute atomic E-state index is 0.0109. The number of piperidine rings is 1. The van der Waals surface area contributed by atoms with E-state index in [0.717, 1.165) is 24.9 Å². The van der Waals surface area contributed by atoms with Gasteiger partial charge in [-0.2, -0.15) is 0 Å². The fourth-order valence-electron chi connectivity index (χ4n) is 4.32. The Kier molecular flexibility index (Phi) is 4.85. The predicted octanol–water partition coefficient (Wildman–Crippen LogP) is 2.54. The lowest BCUT2D eigenvalue weighted by Gasteiger charge is -2.39. The first-order valence-corrected chi connectivity index (χ1v) is 9.82. The molecule has 7 nitrogen and oxygen atoms in total. The van der Waals surface area contributed by atoms with Gasteiger partial charge in [0.25, 0.3) is 0 Å². The SMILES string of the molecule is CC1CCCC(C)N1C(=O)NC1CC(=O)N(c2ccc3c(c2)OCCO3)C1. The molecule has 0 bridgehead atoms. The fraction of sp³-hybridized carbons (Fsp3) is 0.600. The van der Waals surface area contributed by atoms with Crippen LogP contribution in [0.1, 0.15) is 39.5 Å². The van der Waals surface area contributed by atoms with E-state index < -0.39 is 0 Å². The number of anilines is 1. The summed E-state index contributed by atoms with van der Waals surface area (Å²) in [6, 6.07) is 5.77. The average Bonchev–Trinajstić information content (AvgIpc) is 3.01. The van der Waals surface area contributed by atoms with Crippen molar-refractivity contribution < 1.29 is 19.1 Å². The van der Waals surface area contributed by atoms with E-state index in [1.54, 1.807) is 4.90 Å². The molecule has 1 aromatic carbocycles. The van der Waals surface area contributed by atoms with Gasteiger partial charge in [0.1, 0.15) is 13.2 Å². The van der Waals surface area contributed by atoms with Gasteiger partial charge in [-0.25, -0.2) is 4.79 Å². The van der Waals surface area contributed by atoms with Gasteiger partial charge >= 0.3 is 6.03 Å². The number of ether oxygens (including phenoxy) is 2. The van der Waals surface area contributed by atoms with Crippen LogP contribution in [-0.2, 0) is 4.79 Å². The third-order valence-electron chi connectivity index (χ3n) is 5.72.